The Labute approximate surface area is 167 Å². The van der Waals surface area contributed by atoms with Gasteiger partial charge in [-0.3, -0.25) is 14.9 Å². The number of halogens is 1. The van der Waals surface area contributed by atoms with E-state index in [0.29, 0.717) is 23.9 Å². The summed E-state index contributed by atoms with van der Waals surface area (Å²) in [7, 11) is 0. The van der Waals surface area contributed by atoms with Gasteiger partial charge in [0.05, 0.1) is 11.7 Å². The van der Waals surface area contributed by atoms with E-state index >= 15 is 0 Å². The lowest BCUT2D eigenvalue weighted by Crippen LogP contribution is -2.42. The van der Waals surface area contributed by atoms with Gasteiger partial charge in [-0.15, -0.1) is 0 Å². The first-order chi connectivity index (χ1) is 13.7. The van der Waals surface area contributed by atoms with Gasteiger partial charge in [0.2, 0.25) is 0 Å². The zero-order valence-corrected chi connectivity index (χ0v) is 15.9. The molecule has 2 aliphatic rings. The molecule has 4 heterocycles. The molecule has 1 saturated heterocycles. The van der Waals surface area contributed by atoms with Crippen molar-refractivity contribution in [2.45, 2.75) is 24.9 Å². The van der Waals surface area contributed by atoms with Crippen molar-refractivity contribution in [3.05, 3.63) is 70.5 Å². The first kappa shape index (κ1) is 17.4. The van der Waals surface area contributed by atoms with Crippen LogP contribution < -0.4 is 0 Å². The molecule has 2 aliphatic heterocycles. The van der Waals surface area contributed by atoms with Crippen molar-refractivity contribution in [1.82, 2.24) is 20.1 Å². The fraction of sp³-hybridized carbons (Fsp3) is 0.286. The van der Waals surface area contributed by atoms with Gasteiger partial charge < -0.3 is 9.64 Å². The molecule has 2 aromatic heterocycles. The molecule has 142 valence electrons. The van der Waals surface area contributed by atoms with Gasteiger partial charge in [-0.1, -0.05) is 29.8 Å². The lowest BCUT2D eigenvalue weighted by Gasteiger charge is -2.36. The SMILES string of the molecule is O=C1c2[nH]nc(-c3ccccn3)c2C(c2ccc(Cl)cc2)N1C1CCOCC1. The molecule has 1 aromatic carbocycles. The Bertz CT molecular complexity index is 997. The zero-order chi connectivity index (χ0) is 19.1. The number of benzene rings is 1. The number of carbonyl (C=O) groups excluding carboxylic acids is 1. The lowest BCUT2D eigenvalue weighted by molar-refractivity contribution is 0.0246. The molecule has 1 atom stereocenters. The minimum absolute atomic E-state index is 0.0171. The molecular weight excluding hydrogens is 376 g/mol. The molecule has 0 bridgehead atoms. The van der Waals surface area contributed by atoms with Gasteiger partial charge in [-0.05, 0) is 42.7 Å². The molecule has 1 amide bonds. The van der Waals surface area contributed by atoms with E-state index in [1.54, 1.807) is 6.20 Å². The summed E-state index contributed by atoms with van der Waals surface area (Å²) in [5.41, 5.74) is 3.92. The van der Waals surface area contributed by atoms with Gasteiger partial charge in [0.15, 0.2) is 0 Å². The fourth-order valence-electron chi connectivity index (χ4n) is 4.18. The van der Waals surface area contributed by atoms with E-state index in [0.717, 1.165) is 35.4 Å². The summed E-state index contributed by atoms with van der Waals surface area (Å²) in [6, 6.07) is 13.3. The number of nitrogens with one attached hydrogen (secondary N) is 1. The number of fused-ring (bicyclic) bond motifs is 1. The van der Waals surface area contributed by atoms with Crippen LogP contribution in [0.2, 0.25) is 5.02 Å². The molecular formula is C21H19ClN4O2. The number of hydrogen-bond donors (Lipinski definition) is 1. The maximum absolute atomic E-state index is 13.4. The zero-order valence-electron chi connectivity index (χ0n) is 15.1. The number of rotatable bonds is 3. The molecule has 5 rings (SSSR count). The van der Waals surface area contributed by atoms with Crippen LogP contribution in [0.1, 0.15) is 40.5 Å². The minimum atomic E-state index is -0.223. The summed E-state index contributed by atoms with van der Waals surface area (Å²) in [4.78, 5) is 19.8. The van der Waals surface area contributed by atoms with Crippen molar-refractivity contribution in [3.63, 3.8) is 0 Å². The highest BCUT2D eigenvalue weighted by atomic mass is 35.5. The molecule has 0 radical (unpaired) electrons. The number of aromatic amines is 1. The maximum atomic E-state index is 13.4. The molecule has 0 aliphatic carbocycles. The second-order valence-corrected chi connectivity index (χ2v) is 7.52. The summed E-state index contributed by atoms with van der Waals surface area (Å²) in [6.45, 7) is 1.34. The van der Waals surface area contributed by atoms with Gasteiger partial charge in [0, 0.05) is 36.0 Å². The van der Waals surface area contributed by atoms with E-state index in [4.69, 9.17) is 16.3 Å². The van der Waals surface area contributed by atoms with E-state index in [1.165, 1.54) is 0 Å². The van der Waals surface area contributed by atoms with Gasteiger partial charge in [0.25, 0.3) is 5.91 Å². The summed E-state index contributed by atoms with van der Waals surface area (Å²) < 4.78 is 5.52. The van der Waals surface area contributed by atoms with Crippen LogP contribution in [0.5, 0.6) is 0 Å². The quantitative estimate of drug-likeness (QED) is 0.732. The van der Waals surface area contributed by atoms with E-state index in [1.807, 2.05) is 47.4 Å². The third-order valence-electron chi connectivity index (χ3n) is 5.48. The first-order valence-electron chi connectivity index (χ1n) is 9.39. The Kier molecular flexibility index (Phi) is 4.37. The summed E-state index contributed by atoms with van der Waals surface area (Å²) in [5.74, 6) is -0.0171. The van der Waals surface area contributed by atoms with Crippen LogP contribution in [-0.4, -0.2) is 45.2 Å². The van der Waals surface area contributed by atoms with Gasteiger partial charge >= 0.3 is 0 Å². The Morgan fingerprint density at radius 2 is 1.89 bits per heavy atom. The number of carbonyl (C=O) groups is 1. The third-order valence-corrected chi connectivity index (χ3v) is 5.73. The number of H-pyrrole nitrogens is 1. The Balaban J connectivity index is 1.66. The molecule has 1 unspecified atom stereocenters. The average molecular weight is 395 g/mol. The van der Waals surface area contributed by atoms with Crippen molar-refractivity contribution in [1.29, 1.82) is 0 Å². The van der Waals surface area contributed by atoms with Crippen molar-refractivity contribution < 1.29 is 9.53 Å². The highest BCUT2D eigenvalue weighted by molar-refractivity contribution is 6.30. The van der Waals surface area contributed by atoms with Crippen LogP contribution >= 0.6 is 11.6 Å². The average Bonchev–Trinajstić information content (AvgIpc) is 3.29. The molecule has 28 heavy (non-hydrogen) atoms. The van der Waals surface area contributed by atoms with Gasteiger partial charge in [-0.2, -0.15) is 5.10 Å². The molecule has 0 saturated carbocycles. The number of amides is 1. The van der Waals surface area contributed by atoms with Crippen molar-refractivity contribution in [2.75, 3.05) is 13.2 Å². The molecule has 3 aromatic rings. The van der Waals surface area contributed by atoms with Crippen LogP contribution in [0, 0.1) is 0 Å². The minimum Gasteiger partial charge on any atom is -0.381 e. The van der Waals surface area contributed by atoms with Crippen molar-refractivity contribution >= 4 is 17.5 Å². The lowest BCUT2D eigenvalue weighted by atomic mass is 9.95. The van der Waals surface area contributed by atoms with E-state index in [9.17, 15) is 4.79 Å². The topological polar surface area (TPSA) is 71.1 Å². The molecule has 1 fully saturated rings. The fourth-order valence-corrected chi connectivity index (χ4v) is 4.30. The number of pyridine rings is 1. The predicted molar refractivity (Wildman–Crippen MR) is 105 cm³/mol. The van der Waals surface area contributed by atoms with E-state index < -0.39 is 0 Å². The Hall–Kier alpha value is -2.70. The first-order valence-corrected chi connectivity index (χ1v) is 9.77. The van der Waals surface area contributed by atoms with Crippen LogP contribution in [0.15, 0.2) is 48.7 Å². The van der Waals surface area contributed by atoms with E-state index in [-0.39, 0.29) is 18.0 Å². The van der Waals surface area contributed by atoms with Crippen LogP contribution in [0.4, 0.5) is 0 Å². The number of hydrogen-bond acceptors (Lipinski definition) is 4. The van der Waals surface area contributed by atoms with Crippen LogP contribution in [-0.2, 0) is 4.74 Å². The van der Waals surface area contributed by atoms with E-state index in [2.05, 4.69) is 15.2 Å². The molecule has 6 nitrogen and oxygen atoms in total. The van der Waals surface area contributed by atoms with Gasteiger partial charge in [-0.25, -0.2) is 0 Å². The predicted octanol–water partition coefficient (Wildman–Crippen LogP) is 3.85. The van der Waals surface area contributed by atoms with Crippen molar-refractivity contribution in [2.24, 2.45) is 0 Å². The second-order valence-electron chi connectivity index (χ2n) is 7.09. The van der Waals surface area contributed by atoms with Crippen molar-refractivity contribution in [3.8, 4) is 11.4 Å². The largest absolute Gasteiger partial charge is 0.381 e. The number of aromatic nitrogens is 3. The summed E-state index contributed by atoms with van der Waals surface area (Å²) in [6.07, 6.45) is 3.39. The summed E-state index contributed by atoms with van der Waals surface area (Å²) >= 11 is 6.11. The summed E-state index contributed by atoms with van der Waals surface area (Å²) in [5, 5.41) is 8.09. The maximum Gasteiger partial charge on any atom is 0.273 e. The number of nitrogens with zero attached hydrogens (tertiary/aromatic N) is 3. The van der Waals surface area contributed by atoms with Crippen LogP contribution in [0.3, 0.4) is 0 Å². The Morgan fingerprint density at radius 1 is 1.11 bits per heavy atom. The smallest absolute Gasteiger partial charge is 0.273 e. The molecule has 7 heteroatoms. The second kappa shape index (κ2) is 7.04. The van der Waals surface area contributed by atoms with Crippen LogP contribution in [0.25, 0.3) is 11.4 Å². The normalized spacial score (nSPS) is 19.8. The third kappa shape index (κ3) is 2.80. The monoisotopic (exact) mass is 394 g/mol. The molecule has 0 spiro atoms. The standard InChI is InChI=1S/C21H19ClN4O2/c22-14-6-4-13(5-7-14)20-17-18(16-3-1-2-10-23-16)24-25-19(17)21(27)26(20)15-8-11-28-12-9-15/h1-7,10,15,20H,8-9,11-12H2,(H,24,25). The number of ether oxygens (including phenoxy) is 1. The molecule has 1 N–H and O–H groups in total. The van der Waals surface area contributed by atoms with Gasteiger partial charge in [0.1, 0.15) is 11.4 Å². The highest BCUT2D eigenvalue weighted by Crippen LogP contribution is 2.44. The highest BCUT2D eigenvalue weighted by Gasteiger charge is 2.45. The Morgan fingerprint density at radius 3 is 2.61 bits per heavy atom.